The second kappa shape index (κ2) is 16.4. The minimum atomic E-state index is -0.796. The van der Waals surface area contributed by atoms with Crippen LogP contribution in [0.3, 0.4) is 0 Å². The molecule has 8 rings (SSSR count). The van der Waals surface area contributed by atoms with Crippen LogP contribution < -0.4 is 20.9 Å². The van der Waals surface area contributed by atoms with Crippen LogP contribution in [0.1, 0.15) is 54.9 Å². The van der Waals surface area contributed by atoms with Crippen molar-refractivity contribution in [2.45, 2.75) is 56.3 Å². The quantitative estimate of drug-likeness (QED) is 0.114. The number of pyridine rings is 1. The van der Waals surface area contributed by atoms with Gasteiger partial charge in [-0.05, 0) is 98.6 Å². The van der Waals surface area contributed by atoms with E-state index in [1.807, 2.05) is 59.5 Å². The van der Waals surface area contributed by atoms with Crippen molar-refractivity contribution in [3.63, 3.8) is 0 Å². The topological polar surface area (TPSA) is 156 Å². The molecule has 4 fully saturated rings. The Bertz CT molecular complexity index is 1920. The largest absolute Gasteiger partial charge is 0.506 e. The number of aliphatic hydroxyl groups excluding tert-OH is 1. The highest BCUT2D eigenvalue weighted by atomic mass is 16.6. The summed E-state index contributed by atoms with van der Waals surface area (Å²) in [5.41, 5.74) is 2.00. The number of aromatic hydroxyl groups is 1. The number of unbranched alkanes of at least 4 members (excludes halogenated alkanes) is 1. The van der Waals surface area contributed by atoms with E-state index in [0.717, 1.165) is 62.2 Å². The maximum Gasteiger partial charge on any atom is 0.408 e. The number of hydrogen-bond acceptors (Lipinski definition) is 9. The van der Waals surface area contributed by atoms with E-state index in [-0.39, 0.29) is 23.3 Å². The number of aryl methyl sites for hydroxylation is 1. The molecule has 4 aliphatic rings. The third-order valence-electron chi connectivity index (χ3n) is 11.0. The van der Waals surface area contributed by atoms with Crippen molar-refractivity contribution in [3.05, 3.63) is 106 Å². The van der Waals surface area contributed by atoms with Gasteiger partial charge < -0.3 is 40.2 Å². The molecule has 0 aliphatic carbocycles. The number of hydrogen-bond donors (Lipinski definition) is 5. The number of amides is 2. The number of piperidine rings is 3. The van der Waals surface area contributed by atoms with Crippen LogP contribution in [-0.2, 0) is 21.5 Å². The molecule has 2 atom stereocenters. The SMILES string of the molecule is O=C(NC1(c2ccccc2)CN(C(=O)CCc2ccc(OCCCCNC[C@H](O)c3ccc(O)c4[nH]c(=O)ccc34)cc2)C1)O[C@H]1CN2CCC1CC2. The van der Waals surface area contributed by atoms with Gasteiger partial charge in [0.05, 0.1) is 18.2 Å². The fourth-order valence-corrected chi connectivity index (χ4v) is 7.88. The number of aliphatic hydroxyl groups is 1. The summed E-state index contributed by atoms with van der Waals surface area (Å²) in [6.07, 6.45) is 3.53. The predicted octanol–water partition coefficient (Wildman–Crippen LogP) is 4.21. The fourth-order valence-electron chi connectivity index (χ4n) is 7.88. The number of carbonyl (C=O) groups is 2. The molecule has 4 aromatic rings. The zero-order valence-electron chi connectivity index (χ0n) is 30.0. The maximum absolute atomic E-state index is 13.2. The number of rotatable bonds is 15. The lowest BCUT2D eigenvalue weighted by atomic mass is 9.82. The molecule has 0 spiro atoms. The van der Waals surface area contributed by atoms with E-state index in [2.05, 4.69) is 20.5 Å². The number of carbonyl (C=O) groups excluding carboxylic acids is 2. The lowest BCUT2D eigenvalue weighted by Crippen LogP contribution is -2.69. The first-order valence-corrected chi connectivity index (χ1v) is 18.8. The summed E-state index contributed by atoms with van der Waals surface area (Å²) in [7, 11) is 0. The molecular formula is C41H49N5O7. The first-order chi connectivity index (χ1) is 25.8. The molecule has 0 unspecified atom stereocenters. The summed E-state index contributed by atoms with van der Waals surface area (Å²) in [5, 5.41) is 27.8. The molecule has 53 heavy (non-hydrogen) atoms. The number of H-pyrrole nitrogens is 1. The number of nitrogens with one attached hydrogen (secondary N) is 3. The monoisotopic (exact) mass is 723 g/mol. The highest BCUT2D eigenvalue weighted by molar-refractivity contribution is 5.87. The summed E-state index contributed by atoms with van der Waals surface area (Å²) in [5.74, 6) is 1.22. The van der Waals surface area contributed by atoms with Crippen molar-refractivity contribution in [2.24, 2.45) is 5.92 Å². The third kappa shape index (κ3) is 8.67. The van der Waals surface area contributed by atoms with Gasteiger partial charge in [0, 0.05) is 44.1 Å². The Labute approximate surface area is 309 Å². The maximum atomic E-state index is 13.2. The second-order valence-corrected chi connectivity index (χ2v) is 14.6. The molecule has 0 radical (unpaired) electrons. The zero-order chi connectivity index (χ0) is 36.8. The Hall–Kier alpha value is -4.91. The normalized spacial score (nSPS) is 20.8. The highest BCUT2D eigenvalue weighted by Crippen LogP contribution is 2.34. The Morgan fingerprint density at radius 1 is 0.962 bits per heavy atom. The number of aromatic amines is 1. The van der Waals surface area contributed by atoms with Crippen LogP contribution in [0.5, 0.6) is 11.5 Å². The first kappa shape index (κ1) is 36.4. The van der Waals surface area contributed by atoms with Crippen LogP contribution in [0.15, 0.2) is 83.7 Å². The number of phenolic OH excluding ortho intramolecular Hbond substituents is 1. The van der Waals surface area contributed by atoms with E-state index < -0.39 is 17.7 Å². The number of alkyl carbamates (subject to hydrolysis) is 1. The van der Waals surface area contributed by atoms with Crippen molar-refractivity contribution < 1.29 is 29.3 Å². The number of ether oxygens (including phenoxy) is 2. The molecule has 1 aromatic heterocycles. The average molecular weight is 724 g/mol. The van der Waals surface area contributed by atoms with E-state index in [1.165, 1.54) is 12.1 Å². The van der Waals surface area contributed by atoms with Crippen LogP contribution in [0, 0.1) is 5.92 Å². The third-order valence-corrected chi connectivity index (χ3v) is 11.0. The number of fused-ring (bicyclic) bond motifs is 4. The summed E-state index contributed by atoms with van der Waals surface area (Å²) < 4.78 is 11.9. The highest BCUT2D eigenvalue weighted by Gasteiger charge is 2.48. The van der Waals surface area contributed by atoms with Gasteiger partial charge in [0.1, 0.15) is 23.1 Å². The van der Waals surface area contributed by atoms with E-state index in [1.54, 1.807) is 12.1 Å². The summed E-state index contributed by atoms with van der Waals surface area (Å²) in [6, 6.07) is 23.8. The van der Waals surface area contributed by atoms with Gasteiger partial charge in [0.15, 0.2) is 0 Å². The summed E-state index contributed by atoms with van der Waals surface area (Å²) >= 11 is 0. The zero-order valence-corrected chi connectivity index (χ0v) is 30.0. The van der Waals surface area contributed by atoms with Crippen LogP contribution in [0.2, 0.25) is 0 Å². The van der Waals surface area contributed by atoms with Gasteiger partial charge in [0.25, 0.3) is 0 Å². The Kier molecular flexibility index (Phi) is 11.3. The molecule has 4 saturated heterocycles. The molecule has 4 aliphatic heterocycles. The standard InChI is InChI=1S/C41H49N5O7/c47-34-15-13-32(33-14-16-37(49)43-39(33)34)35(48)24-42-20-4-5-23-52-31-11-8-28(9-12-31)10-17-38(50)46-26-41(27-46,30-6-2-1-3-7-30)44-40(51)53-36-25-45-21-18-29(36)19-22-45/h1-3,6-9,11-16,29,35-36,42,47-48H,4-5,10,17-27H2,(H,43,49)(H,44,51)/t35-,36-/m0/s1. The van der Waals surface area contributed by atoms with E-state index in [0.29, 0.717) is 68.0 Å². The summed E-state index contributed by atoms with van der Waals surface area (Å²) in [4.78, 5) is 44.8. The van der Waals surface area contributed by atoms with Crippen molar-refractivity contribution in [2.75, 3.05) is 52.4 Å². The molecule has 5 heterocycles. The molecule has 2 bridgehead atoms. The van der Waals surface area contributed by atoms with Gasteiger partial charge in [-0.25, -0.2) is 4.79 Å². The number of likely N-dealkylation sites (tertiary alicyclic amines) is 1. The fraction of sp³-hybridized carbons (Fsp3) is 0.439. The number of benzene rings is 3. The molecule has 12 heteroatoms. The molecule has 12 nitrogen and oxygen atoms in total. The van der Waals surface area contributed by atoms with Crippen molar-refractivity contribution in [3.8, 4) is 11.5 Å². The molecule has 2 amide bonds. The van der Waals surface area contributed by atoms with Crippen LogP contribution in [0.4, 0.5) is 4.79 Å². The van der Waals surface area contributed by atoms with Gasteiger partial charge in [-0.15, -0.1) is 0 Å². The van der Waals surface area contributed by atoms with Gasteiger partial charge in [0.2, 0.25) is 11.5 Å². The van der Waals surface area contributed by atoms with Crippen molar-refractivity contribution in [1.82, 2.24) is 25.4 Å². The molecular weight excluding hydrogens is 674 g/mol. The molecule has 3 aromatic carbocycles. The van der Waals surface area contributed by atoms with Crippen LogP contribution >= 0.6 is 0 Å². The Morgan fingerprint density at radius 2 is 1.74 bits per heavy atom. The predicted molar refractivity (Wildman–Crippen MR) is 201 cm³/mol. The van der Waals surface area contributed by atoms with Crippen molar-refractivity contribution >= 4 is 22.9 Å². The minimum Gasteiger partial charge on any atom is -0.506 e. The number of nitrogens with zero attached hydrogens (tertiary/aromatic N) is 2. The Morgan fingerprint density at radius 3 is 2.47 bits per heavy atom. The smallest absolute Gasteiger partial charge is 0.408 e. The van der Waals surface area contributed by atoms with Gasteiger partial charge in [-0.3, -0.25) is 14.5 Å². The van der Waals surface area contributed by atoms with E-state index in [4.69, 9.17) is 9.47 Å². The lowest BCUT2D eigenvalue weighted by molar-refractivity contribution is -0.140. The number of aromatic nitrogens is 1. The number of phenols is 1. The van der Waals surface area contributed by atoms with Gasteiger partial charge in [-0.2, -0.15) is 0 Å². The Balaban J connectivity index is 0.802. The van der Waals surface area contributed by atoms with E-state index in [9.17, 15) is 24.6 Å². The summed E-state index contributed by atoms with van der Waals surface area (Å²) in [6.45, 7) is 5.37. The van der Waals surface area contributed by atoms with Crippen LogP contribution in [-0.4, -0.2) is 95.5 Å². The minimum absolute atomic E-state index is 0.0336. The first-order valence-electron chi connectivity index (χ1n) is 18.8. The average Bonchev–Trinajstić information content (AvgIpc) is 3.16. The lowest BCUT2D eigenvalue weighted by Gasteiger charge is -2.51. The molecule has 0 saturated carbocycles. The van der Waals surface area contributed by atoms with Gasteiger partial charge in [-0.1, -0.05) is 48.5 Å². The van der Waals surface area contributed by atoms with Crippen LogP contribution in [0.25, 0.3) is 10.9 Å². The van der Waals surface area contributed by atoms with Crippen molar-refractivity contribution in [1.29, 1.82) is 0 Å². The molecule has 5 N–H and O–H groups in total. The second-order valence-electron chi connectivity index (χ2n) is 14.6. The van der Waals surface area contributed by atoms with E-state index >= 15 is 0 Å². The molecule has 280 valence electrons. The van der Waals surface area contributed by atoms with Gasteiger partial charge >= 0.3 is 6.09 Å².